The van der Waals surface area contributed by atoms with Crippen molar-refractivity contribution in [1.29, 1.82) is 0 Å². The molecule has 0 bridgehead atoms. The number of esters is 1. The summed E-state index contributed by atoms with van der Waals surface area (Å²) in [7, 11) is 0. The van der Waals surface area contributed by atoms with E-state index >= 15 is 0 Å². The Balaban J connectivity index is 1.37. The van der Waals surface area contributed by atoms with E-state index in [0.717, 1.165) is 12.1 Å². The molecular weight excluding hydrogens is 508 g/mol. The summed E-state index contributed by atoms with van der Waals surface area (Å²) in [4.78, 5) is 12.2. The molecule has 1 unspecified atom stereocenters. The van der Waals surface area contributed by atoms with Gasteiger partial charge in [0, 0.05) is 22.9 Å². The average Bonchev–Trinajstić information content (AvgIpc) is 3.19. The van der Waals surface area contributed by atoms with Crippen molar-refractivity contribution in [2.45, 2.75) is 25.6 Å². The Morgan fingerprint density at radius 2 is 1.61 bits per heavy atom. The number of carbonyl (C=O) groups excluding carboxylic acids is 1. The molecule has 0 saturated carbocycles. The smallest absolute Gasteiger partial charge is 0.461 e. The highest BCUT2D eigenvalue weighted by Crippen LogP contribution is 2.35. The number of hydrogen-bond donors (Lipinski definition) is 0. The van der Waals surface area contributed by atoms with Gasteiger partial charge in [-0.05, 0) is 43.3 Å². The molecule has 0 radical (unpaired) electrons. The molecule has 0 fully saturated rings. The first kappa shape index (κ1) is 25.4. The van der Waals surface area contributed by atoms with E-state index in [4.69, 9.17) is 30.2 Å². The van der Waals surface area contributed by atoms with Crippen LogP contribution in [0, 0.1) is 0 Å². The fraction of sp³-hybridized carbons (Fsp3) is 0.240. The Morgan fingerprint density at radius 3 is 2.28 bits per heavy atom. The molecule has 190 valence electrons. The number of halogens is 5. The van der Waals surface area contributed by atoms with E-state index in [0.29, 0.717) is 32.9 Å². The summed E-state index contributed by atoms with van der Waals surface area (Å²) in [5, 5.41) is 1.61. The lowest BCUT2D eigenvalue weighted by Crippen LogP contribution is -2.33. The number of para-hydroxylation sites is 1. The van der Waals surface area contributed by atoms with Gasteiger partial charge in [-0.1, -0.05) is 23.7 Å². The molecule has 11 heteroatoms. The second kappa shape index (κ2) is 10.5. The number of fused-ring (bicyclic) bond motifs is 3. The standard InChI is InChI=1S/C25H19ClF4O6/c1-14(23(31)33-11-10-32-20-5-3-2-4-19(20)26)34-15-6-8-17-18-9-7-16(36-25(29,30)24(27)28)13-22(18)35-21(17)12-15/h2-9,12-14,24H,10-11H2,1H3. The van der Waals surface area contributed by atoms with Crippen molar-refractivity contribution in [3.63, 3.8) is 0 Å². The van der Waals surface area contributed by atoms with Crippen molar-refractivity contribution >= 4 is 39.5 Å². The van der Waals surface area contributed by atoms with Crippen LogP contribution in [0.1, 0.15) is 6.92 Å². The minimum Gasteiger partial charge on any atom is -0.488 e. The fourth-order valence-electron chi connectivity index (χ4n) is 3.30. The molecule has 0 amide bonds. The van der Waals surface area contributed by atoms with E-state index in [-0.39, 0.29) is 18.8 Å². The molecule has 0 N–H and O–H groups in total. The second-order valence-electron chi connectivity index (χ2n) is 7.59. The number of ether oxygens (including phenoxy) is 4. The van der Waals surface area contributed by atoms with Crippen molar-refractivity contribution < 1.29 is 45.7 Å². The van der Waals surface area contributed by atoms with Crippen molar-refractivity contribution in [2.24, 2.45) is 0 Å². The van der Waals surface area contributed by atoms with Crippen LogP contribution in [0.15, 0.2) is 65.1 Å². The molecule has 0 spiro atoms. The Morgan fingerprint density at radius 1 is 0.972 bits per heavy atom. The van der Waals surface area contributed by atoms with Gasteiger partial charge in [0.1, 0.15) is 41.6 Å². The molecule has 0 aliphatic carbocycles. The zero-order valence-corrected chi connectivity index (χ0v) is 19.4. The maximum absolute atomic E-state index is 13.2. The molecule has 4 rings (SSSR count). The van der Waals surface area contributed by atoms with Crippen LogP contribution in [0.25, 0.3) is 21.9 Å². The van der Waals surface area contributed by atoms with Crippen LogP contribution in [-0.2, 0) is 9.53 Å². The maximum atomic E-state index is 13.2. The van der Waals surface area contributed by atoms with Gasteiger partial charge in [-0.25, -0.2) is 4.79 Å². The van der Waals surface area contributed by atoms with Gasteiger partial charge in [-0.2, -0.15) is 17.6 Å². The summed E-state index contributed by atoms with van der Waals surface area (Å²) in [5.74, 6) is -0.332. The van der Waals surface area contributed by atoms with Gasteiger partial charge in [0.25, 0.3) is 0 Å². The first-order valence-corrected chi connectivity index (χ1v) is 11.0. The molecule has 6 nitrogen and oxygen atoms in total. The van der Waals surface area contributed by atoms with Crippen LogP contribution >= 0.6 is 11.6 Å². The minimum atomic E-state index is -4.63. The van der Waals surface area contributed by atoms with E-state index in [1.165, 1.54) is 19.1 Å². The normalized spacial score (nSPS) is 12.6. The predicted molar refractivity (Wildman–Crippen MR) is 123 cm³/mol. The number of furan rings is 1. The van der Waals surface area contributed by atoms with Gasteiger partial charge in [0.15, 0.2) is 6.10 Å². The summed E-state index contributed by atoms with van der Waals surface area (Å²) in [6.07, 6.45) is -9.57. The van der Waals surface area contributed by atoms with Crippen LogP contribution in [0.3, 0.4) is 0 Å². The van der Waals surface area contributed by atoms with Crippen LogP contribution < -0.4 is 14.2 Å². The van der Waals surface area contributed by atoms with Gasteiger partial charge >= 0.3 is 18.5 Å². The van der Waals surface area contributed by atoms with E-state index in [9.17, 15) is 22.4 Å². The second-order valence-corrected chi connectivity index (χ2v) is 8.00. The molecule has 1 atom stereocenters. The first-order chi connectivity index (χ1) is 17.1. The van der Waals surface area contributed by atoms with Crippen molar-refractivity contribution in [2.75, 3.05) is 13.2 Å². The van der Waals surface area contributed by atoms with Crippen LogP contribution in [0.4, 0.5) is 17.6 Å². The lowest BCUT2D eigenvalue weighted by molar-refractivity contribution is -0.253. The molecule has 0 saturated heterocycles. The van der Waals surface area contributed by atoms with Gasteiger partial charge in [-0.15, -0.1) is 0 Å². The molecule has 3 aromatic carbocycles. The van der Waals surface area contributed by atoms with E-state index < -0.39 is 30.4 Å². The third-order valence-electron chi connectivity index (χ3n) is 4.99. The van der Waals surface area contributed by atoms with Crippen molar-refractivity contribution in [1.82, 2.24) is 0 Å². The zero-order valence-electron chi connectivity index (χ0n) is 18.7. The summed E-state index contributed by atoms with van der Waals surface area (Å²) >= 11 is 5.99. The Labute approximate surface area is 207 Å². The Kier molecular flexibility index (Phi) is 7.44. The van der Waals surface area contributed by atoms with E-state index in [2.05, 4.69) is 4.74 Å². The number of benzene rings is 3. The van der Waals surface area contributed by atoms with Gasteiger partial charge in [0.05, 0.1) is 5.02 Å². The van der Waals surface area contributed by atoms with Gasteiger partial charge in [-0.3, -0.25) is 0 Å². The molecule has 0 aliphatic rings. The number of rotatable bonds is 10. The van der Waals surface area contributed by atoms with Crippen LogP contribution in [-0.4, -0.2) is 37.8 Å². The van der Waals surface area contributed by atoms with Crippen molar-refractivity contribution in [3.8, 4) is 17.2 Å². The molecule has 4 aromatic rings. The average molecular weight is 527 g/mol. The van der Waals surface area contributed by atoms with Gasteiger partial charge in [0.2, 0.25) is 0 Å². The zero-order chi connectivity index (χ0) is 25.9. The van der Waals surface area contributed by atoms with Gasteiger partial charge < -0.3 is 23.4 Å². The molecular formula is C25H19ClF4O6. The lowest BCUT2D eigenvalue weighted by Gasteiger charge is -2.16. The Bertz CT molecular complexity index is 1370. The number of hydrogen-bond acceptors (Lipinski definition) is 6. The van der Waals surface area contributed by atoms with E-state index in [1.54, 1.807) is 36.4 Å². The Hall–Kier alpha value is -3.66. The summed E-state index contributed by atoms with van der Waals surface area (Å²) in [5.41, 5.74) is 0.477. The monoisotopic (exact) mass is 526 g/mol. The third-order valence-corrected chi connectivity index (χ3v) is 5.30. The van der Waals surface area contributed by atoms with Crippen LogP contribution in [0.2, 0.25) is 5.02 Å². The third kappa shape index (κ3) is 5.76. The molecule has 1 heterocycles. The molecule has 0 aliphatic heterocycles. The fourth-order valence-corrected chi connectivity index (χ4v) is 3.49. The minimum absolute atomic E-state index is 0.0185. The molecule has 36 heavy (non-hydrogen) atoms. The number of alkyl halides is 4. The van der Waals surface area contributed by atoms with E-state index in [1.807, 2.05) is 0 Å². The highest BCUT2D eigenvalue weighted by Gasteiger charge is 2.44. The van der Waals surface area contributed by atoms with Crippen molar-refractivity contribution in [3.05, 3.63) is 65.7 Å². The first-order valence-electron chi connectivity index (χ1n) is 10.7. The van der Waals surface area contributed by atoms with Crippen LogP contribution in [0.5, 0.6) is 17.2 Å². The predicted octanol–water partition coefficient (Wildman–Crippen LogP) is 6.87. The number of carbonyl (C=O) groups is 1. The highest BCUT2D eigenvalue weighted by molar-refractivity contribution is 6.32. The topological polar surface area (TPSA) is 67.1 Å². The lowest BCUT2D eigenvalue weighted by atomic mass is 10.1. The largest absolute Gasteiger partial charge is 0.488 e. The molecule has 1 aromatic heterocycles. The summed E-state index contributed by atoms with van der Waals surface area (Å²) in [6.45, 7) is 1.59. The maximum Gasteiger partial charge on any atom is 0.461 e. The quantitative estimate of drug-likeness (QED) is 0.128. The summed E-state index contributed by atoms with van der Waals surface area (Å²) < 4.78 is 77.2. The SMILES string of the molecule is CC(Oc1ccc2c(c1)oc1cc(OC(F)(F)C(F)F)ccc12)C(=O)OCCOc1ccccc1Cl. The summed E-state index contributed by atoms with van der Waals surface area (Å²) in [6, 6.07) is 15.3. The highest BCUT2D eigenvalue weighted by atomic mass is 35.5.